The Hall–Kier alpha value is -2.36. The Bertz CT molecular complexity index is 599. The number of benzene rings is 1. The normalized spacial score (nSPS) is 10.1. The number of rotatable bonds is 4. The lowest BCUT2D eigenvalue weighted by Crippen LogP contribution is -2.03. The number of ketones is 1. The van der Waals surface area contributed by atoms with E-state index in [1.165, 1.54) is 19.4 Å². The molecule has 1 N–H and O–H groups in total. The quantitative estimate of drug-likeness (QED) is 0.662. The van der Waals surface area contributed by atoms with E-state index < -0.39 is 0 Å². The maximum atomic E-state index is 12.3. The van der Waals surface area contributed by atoms with Crippen LogP contribution in [0.2, 0.25) is 0 Å². The third-order valence-electron chi connectivity index (χ3n) is 2.69. The molecule has 4 heteroatoms. The average Bonchev–Trinajstić information content (AvgIpc) is 2.86. The van der Waals surface area contributed by atoms with Crippen LogP contribution in [0.1, 0.15) is 32.0 Å². The minimum Gasteiger partial charge on any atom is -0.496 e. The molecule has 0 saturated heterocycles. The summed E-state index contributed by atoms with van der Waals surface area (Å²) < 4.78 is 5.18. The molecule has 1 heterocycles. The minimum absolute atomic E-state index is 0.167. The van der Waals surface area contributed by atoms with Gasteiger partial charge in [0.15, 0.2) is 12.1 Å². The maximum absolute atomic E-state index is 12.3. The molecule has 0 fully saturated rings. The summed E-state index contributed by atoms with van der Waals surface area (Å²) >= 11 is 0. The maximum Gasteiger partial charge on any atom is 0.198 e. The number of aryl methyl sites for hydroxylation is 1. The highest BCUT2D eigenvalue weighted by Crippen LogP contribution is 2.23. The van der Waals surface area contributed by atoms with Gasteiger partial charge in [-0.1, -0.05) is 11.6 Å². The van der Waals surface area contributed by atoms with Crippen LogP contribution in [-0.4, -0.2) is 24.2 Å². The number of H-pyrrole nitrogens is 1. The van der Waals surface area contributed by atoms with E-state index in [0.29, 0.717) is 28.9 Å². The molecule has 0 aliphatic carbocycles. The second kappa shape index (κ2) is 4.87. The first-order valence-electron chi connectivity index (χ1n) is 5.48. The zero-order chi connectivity index (χ0) is 13.1. The fourth-order valence-corrected chi connectivity index (χ4v) is 1.77. The predicted molar refractivity (Wildman–Crippen MR) is 67.3 cm³/mol. The second-order valence-electron chi connectivity index (χ2n) is 3.99. The number of ether oxygens (including phenoxy) is 1. The Morgan fingerprint density at radius 3 is 2.72 bits per heavy atom. The van der Waals surface area contributed by atoms with Crippen LogP contribution in [0.5, 0.6) is 5.75 Å². The van der Waals surface area contributed by atoms with E-state index in [1.807, 2.05) is 13.0 Å². The lowest BCUT2D eigenvalue weighted by molar-refractivity contribution is 0.103. The number of aromatic nitrogens is 1. The Kier molecular flexibility index (Phi) is 3.28. The van der Waals surface area contributed by atoms with E-state index in [9.17, 15) is 9.59 Å². The number of aromatic amines is 1. The van der Waals surface area contributed by atoms with Crippen molar-refractivity contribution in [3.8, 4) is 5.75 Å². The number of nitrogens with one attached hydrogen (secondary N) is 1. The van der Waals surface area contributed by atoms with Gasteiger partial charge in [-0.15, -0.1) is 0 Å². The lowest BCUT2D eigenvalue weighted by atomic mass is 10.0. The molecule has 2 rings (SSSR count). The molecule has 1 aromatic heterocycles. The van der Waals surface area contributed by atoms with Crippen molar-refractivity contribution >= 4 is 12.1 Å². The van der Waals surface area contributed by atoms with Gasteiger partial charge in [0, 0.05) is 11.8 Å². The molecule has 4 nitrogen and oxygen atoms in total. The molecule has 0 atom stereocenters. The first kappa shape index (κ1) is 12.1. The predicted octanol–water partition coefficient (Wildman–Crippen LogP) is 2.38. The van der Waals surface area contributed by atoms with Crippen LogP contribution in [0.15, 0.2) is 30.5 Å². The van der Waals surface area contributed by atoms with E-state index in [-0.39, 0.29) is 5.78 Å². The largest absolute Gasteiger partial charge is 0.496 e. The smallest absolute Gasteiger partial charge is 0.198 e. The first-order valence-corrected chi connectivity index (χ1v) is 5.48. The molecule has 0 bridgehead atoms. The molecular formula is C14H13NO3. The van der Waals surface area contributed by atoms with Crippen molar-refractivity contribution in [1.82, 2.24) is 4.98 Å². The Labute approximate surface area is 105 Å². The minimum atomic E-state index is -0.167. The van der Waals surface area contributed by atoms with Gasteiger partial charge in [0.1, 0.15) is 5.75 Å². The van der Waals surface area contributed by atoms with E-state index in [2.05, 4.69) is 4.98 Å². The van der Waals surface area contributed by atoms with Crippen molar-refractivity contribution in [2.45, 2.75) is 6.92 Å². The molecular weight excluding hydrogens is 230 g/mol. The monoisotopic (exact) mass is 243 g/mol. The third kappa shape index (κ3) is 2.18. The summed E-state index contributed by atoms with van der Waals surface area (Å²) in [5.74, 6) is 0.361. The summed E-state index contributed by atoms with van der Waals surface area (Å²) in [6.45, 7) is 1.91. The molecule has 92 valence electrons. The van der Waals surface area contributed by atoms with Crippen molar-refractivity contribution in [2.75, 3.05) is 7.11 Å². The molecule has 0 unspecified atom stereocenters. The van der Waals surface area contributed by atoms with Crippen molar-refractivity contribution in [2.24, 2.45) is 0 Å². The van der Waals surface area contributed by atoms with Gasteiger partial charge in [-0.25, -0.2) is 0 Å². The molecule has 0 spiro atoms. The fourth-order valence-electron chi connectivity index (χ4n) is 1.77. The number of hydrogen-bond donors (Lipinski definition) is 1. The second-order valence-corrected chi connectivity index (χ2v) is 3.99. The van der Waals surface area contributed by atoms with Crippen molar-refractivity contribution in [1.29, 1.82) is 0 Å². The van der Waals surface area contributed by atoms with E-state index in [0.717, 1.165) is 5.56 Å². The molecule has 0 saturated carbocycles. The third-order valence-corrected chi connectivity index (χ3v) is 2.69. The van der Waals surface area contributed by atoms with Gasteiger partial charge in [-0.2, -0.15) is 0 Å². The number of hydrogen-bond acceptors (Lipinski definition) is 3. The van der Waals surface area contributed by atoms with Crippen LogP contribution in [0.3, 0.4) is 0 Å². The number of carbonyl (C=O) groups is 2. The van der Waals surface area contributed by atoms with Crippen LogP contribution < -0.4 is 4.74 Å². The van der Waals surface area contributed by atoms with Crippen LogP contribution in [0.4, 0.5) is 0 Å². The summed E-state index contributed by atoms with van der Waals surface area (Å²) in [6, 6.07) is 6.94. The number of methoxy groups -OCH3 is 1. The Morgan fingerprint density at radius 2 is 2.11 bits per heavy atom. The molecule has 18 heavy (non-hydrogen) atoms. The molecule has 0 aliphatic rings. The Morgan fingerprint density at radius 1 is 1.33 bits per heavy atom. The average molecular weight is 243 g/mol. The Balaban J connectivity index is 2.44. The van der Waals surface area contributed by atoms with Crippen LogP contribution in [0.25, 0.3) is 0 Å². The summed E-state index contributed by atoms with van der Waals surface area (Å²) in [5, 5.41) is 0. The van der Waals surface area contributed by atoms with Gasteiger partial charge in [0.25, 0.3) is 0 Å². The summed E-state index contributed by atoms with van der Waals surface area (Å²) in [4.78, 5) is 25.6. The van der Waals surface area contributed by atoms with Crippen molar-refractivity contribution in [3.05, 3.63) is 52.8 Å². The van der Waals surface area contributed by atoms with Crippen LogP contribution in [0, 0.1) is 6.92 Å². The van der Waals surface area contributed by atoms with Gasteiger partial charge >= 0.3 is 0 Å². The number of aldehydes is 1. The highest BCUT2D eigenvalue weighted by atomic mass is 16.5. The van der Waals surface area contributed by atoms with E-state index in [4.69, 9.17) is 4.74 Å². The summed E-state index contributed by atoms with van der Waals surface area (Å²) in [6.07, 6.45) is 2.19. The van der Waals surface area contributed by atoms with Gasteiger partial charge in [0.2, 0.25) is 0 Å². The van der Waals surface area contributed by atoms with Crippen molar-refractivity contribution < 1.29 is 14.3 Å². The van der Waals surface area contributed by atoms with Gasteiger partial charge in [0.05, 0.1) is 18.4 Å². The molecule has 0 aliphatic heterocycles. The number of carbonyl (C=O) groups excluding carboxylic acids is 2. The van der Waals surface area contributed by atoms with Crippen molar-refractivity contribution in [3.63, 3.8) is 0 Å². The highest BCUT2D eigenvalue weighted by molar-refractivity contribution is 6.11. The summed E-state index contributed by atoms with van der Waals surface area (Å²) in [5.41, 5.74) is 2.30. The van der Waals surface area contributed by atoms with Gasteiger partial charge in [-0.3, -0.25) is 9.59 Å². The highest BCUT2D eigenvalue weighted by Gasteiger charge is 2.15. The topological polar surface area (TPSA) is 59.2 Å². The van der Waals surface area contributed by atoms with Crippen LogP contribution >= 0.6 is 0 Å². The van der Waals surface area contributed by atoms with Crippen LogP contribution in [-0.2, 0) is 0 Å². The van der Waals surface area contributed by atoms with E-state index >= 15 is 0 Å². The molecule has 0 amide bonds. The molecule has 0 radical (unpaired) electrons. The standard InChI is InChI=1S/C14H13NO3/c1-9-3-4-13(18-2)12(5-9)14(17)10-6-11(8-16)15-7-10/h3-8,15H,1-2H3. The first-order chi connectivity index (χ1) is 8.65. The SMILES string of the molecule is COc1ccc(C)cc1C(=O)c1c[nH]c(C=O)c1. The molecule has 1 aromatic carbocycles. The lowest BCUT2D eigenvalue weighted by Gasteiger charge is -2.07. The zero-order valence-electron chi connectivity index (χ0n) is 10.2. The molecule has 2 aromatic rings. The van der Waals surface area contributed by atoms with Gasteiger partial charge < -0.3 is 9.72 Å². The fraction of sp³-hybridized carbons (Fsp3) is 0.143. The van der Waals surface area contributed by atoms with E-state index in [1.54, 1.807) is 12.1 Å². The summed E-state index contributed by atoms with van der Waals surface area (Å²) in [7, 11) is 1.52. The van der Waals surface area contributed by atoms with Gasteiger partial charge in [-0.05, 0) is 25.1 Å². The zero-order valence-corrected chi connectivity index (χ0v) is 10.2.